The van der Waals surface area contributed by atoms with E-state index in [1.54, 1.807) is 7.11 Å². The largest absolute Gasteiger partial charge is 0.496 e. The first-order valence-corrected chi connectivity index (χ1v) is 7.28. The van der Waals surface area contributed by atoms with Crippen LogP contribution >= 0.6 is 0 Å². The molecule has 4 nitrogen and oxygen atoms in total. The molecule has 0 spiro atoms. The molecule has 0 aliphatic carbocycles. The van der Waals surface area contributed by atoms with Crippen LogP contribution in [0.25, 0.3) is 0 Å². The van der Waals surface area contributed by atoms with Crippen LogP contribution in [0.3, 0.4) is 0 Å². The van der Waals surface area contributed by atoms with Gasteiger partial charge < -0.3 is 9.64 Å². The van der Waals surface area contributed by atoms with Crippen LogP contribution in [0, 0.1) is 0 Å². The topological polar surface area (TPSA) is 32.8 Å². The highest BCUT2D eigenvalue weighted by Gasteiger charge is 2.15. The van der Waals surface area contributed by atoms with Gasteiger partial charge in [-0.1, -0.05) is 12.1 Å². The van der Waals surface area contributed by atoms with Gasteiger partial charge in [0.2, 0.25) is 0 Å². The second-order valence-electron chi connectivity index (χ2n) is 5.41. The molecule has 2 rings (SSSR count). The highest BCUT2D eigenvalue weighted by atomic mass is 16.5. The molecule has 1 aromatic rings. The molecule has 0 radical (unpaired) electrons. The van der Waals surface area contributed by atoms with Gasteiger partial charge in [0, 0.05) is 13.1 Å². The molecule has 1 heterocycles. The maximum absolute atomic E-state index is 12.3. The fourth-order valence-corrected chi connectivity index (χ4v) is 2.60. The summed E-state index contributed by atoms with van der Waals surface area (Å²) in [6.07, 6.45) is 2.62. The summed E-state index contributed by atoms with van der Waals surface area (Å²) in [4.78, 5) is 16.8. The van der Waals surface area contributed by atoms with Gasteiger partial charge in [-0.25, -0.2) is 0 Å². The maximum Gasteiger partial charge on any atom is 0.180 e. The molecule has 1 aliphatic heterocycles. The molecule has 0 N–H and O–H groups in total. The van der Waals surface area contributed by atoms with Gasteiger partial charge in [-0.2, -0.15) is 0 Å². The molecule has 0 bridgehead atoms. The van der Waals surface area contributed by atoms with Gasteiger partial charge in [-0.3, -0.25) is 9.69 Å². The van der Waals surface area contributed by atoms with E-state index in [1.807, 2.05) is 31.3 Å². The van der Waals surface area contributed by atoms with E-state index in [1.165, 1.54) is 25.9 Å². The summed E-state index contributed by atoms with van der Waals surface area (Å²) in [6, 6.07) is 7.42. The van der Waals surface area contributed by atoms with E-state index >= 15 is 0 Å². The van der Waals surface area contributed by atoms with Crippen LogP contribution in [0.1, 0.15) is 23.2 Å². The third kappa shape index (κ3) is 4.05. The van der Waals surface area contributed by atoms with Crippen molar-refractivity contribution in [2.75, 3.05) is 46.9 Å². The van der Waals surface area contributed by atoms with Gasteiger partial charge in [0.1, 0.15) is 5.75 Å². The number of likely N-dealkylation sites (N-methyl/N-ethyl adjacent to an activating group) is 1. The van der Waals surface area contributed by atoms with Crippen LogP contribution in [0.5, 0.6) is 5.75 Å². The van der Waals surface area contributed by atoms with Gasteiger partial charge >= 0.3 is 0 Å². The lowest BCUT2D eigenvalue weighted by Gasteiger charge is -2.21. The maximum atomic E-state index is 12.3. The van der Waals surface area contributed by atoms with Gasteiger partial charge in [0.25, 0.3) is 0 Å². The molecular formula is C16H24N2O2. The number of para-hydroxylation sites is 1. The third-order valence-electron chi connectivity index (χ3n) is 3.82. The highest BCUT2D eigenvalue weighted by molar-refractivity contribution is 6.00. The number of hydrogen-bond donors (Lipinski definition) is 0. The number of methoxy groups -OCH3 is 1. The molecule has 0 atom stereocenters. The predicted octanol–water partition coefficient (Wildman–Crippen LogP) is 1.91. The molecular weight excluding hydrogens is 252 g/mol. The van der Waals surface area contributed by atoms with Gasteiger partial charge in [-0.15, -0.1) is 0 Å². The van der Waals surface area contributed by atoms with E-state index < -0.39 is 0 Å². The second kappa shape index (κ2) is 7.41. The Morgan fingerprint density at radius 3 is 2.70 bits per heavy atom. The number of Topliss-reactive ketones (excluding diaryl/α,β-unsaturated/α-hetero) is 1. The summed E-state index contributed by atoms with van der Waals surface area (Å²) < 4.78 is 5.24. The predicted molar refractivity (Wildman–Crippen MR) is 80.5 cm³/mol. The molecule has 1 fully saturated rings. The van der Waals surface area contributed by atoms with Crippen LogP contribution in [-0.4, -0.2) is 62.5 Å². The minimum absolute atomic E-state index is 0.117. The van der Waals surface area contributed by atoms with E-state index in [0.717, 1.165) is 13.1 Å². The number of ketones is 1. The molecule has 0 aromatic heterocycles. The first kappa shape index (κ1) is 15.0. The van der Waals surface area contributed by atoms with Gasteiger partial charge in [0.15, 0.2) is 5.78 Å². The van der Waals surface area contributed by atoms with Crippen LogP contribution in [0.4, 0.5) is 0 Å². The monoisotopic (exact) mass is 276 g/mol. The highest BCUT2D eigenvalue weighted by Crippen LogP contribution is 2.18. The van der Waals surface area contributed by atoms with E-state index in [2.05, 4.69) is 9.80 Å². The Labute approximate surface area is 121 Å². The number of likely N-dealkylation sites (tertiary alicyclic amines) is 1. The Bertz CT molecular complexity index is 442. The third-order valence-corrected chi connectivity index (χ3v) is 3.82. The van der Waals surface area contributed by atoms with Crippen LogP contribution < -0.4 is 4.74 Å². The van der Waals surface area contributed by atoms with E-state index in [4.69, 9.17) is 4.74 Å². The number of hydrogen-bond acceptors (Lipinski definition) is 4. The average Bonchev–Trinajstić information content (AvgIpc) is 2.98. The summed E-state index contributed by atoms with van der Waals surface area (Å²) in [6.45, 7) is 4.83. The summed E-state index contributed by atoms with van der Waals surface area (Å²) in [5.41, 5.74) is 0.669. The molecule has 1 saturated heterocycles. The van der Waals surface area contributed by atoms with Crippen molar-refractivity contribution < 1.29 is 9.53 Å². The van der Waals surface area contributed by atoms with Gasteiger partial charge in [-0.05, 0) is 45.1 Å². The lowest BCUT2D eigenvalue weighted by Crippen LogP contribution is -2.34. The number of ether oxygens (including phenoxy) is 1. The van der Waals surface area contributed by atoms with Crippen LogP contribution in [0.2, 0.25) is 0 Å². The summed E-state index contributed by atoms with van der Waals surface area (Å²) in [5, 5.41) is 0. The zero-order valence-corrected chi connectivity index (χ0v) is 12.5. The van der Waals surface area contributed by atoms with E-state index in [0.29, 0.717) is 17.9 Å². The Kier molecular flexibility index (Phi) is 5.56. The van der Waals surface area contributed by atoms with Crippen LogP contribution in [-0.2, 0) is 0 Å². The quantitative estimate of drug-likeness (QED) is 0.712. The molecule has 0 unspecified atom stereocenters. The number of carbonyl (C=O) groups is 1. The minimum atomic E-state index is 0.117. The molecule has 0 amide bonds. The molecule has 1 aromatic carbocycles. The Balaban J connectivity index is 1.83. The van der Waals surface area contributed by atoms with Crippen molar-refractivity contribution in [2.45, 2.75) is 12.8 Å². The summed E-state index contributed by atoms with van der Waals surface area (Å²) in [5.74, 6) is 0.775. The van der Waals surface area contributed by atoms with Crippen molar-refractivity contribution in [1.29, 1.82) is 0 Å². The molecule has 0 saturated carbocycles. The van der Waals surface area contributed by atoms with E-state index in [9.17, 15) is 4.79 Å². The number of benzene rings is 1. The zero-order valence-electron chi connectivity index (χ0n) is 12.5. The smallest absolute Gasteiger partial charge is 0.180 e. The van der Waals surface area contributed by atoms with Gasteiger partial charge in [0.05, 0.1) is 19.2 Å². The Morgan fingerprint density at radius 2 is 2.00 bits per heavy atom. The summed E-state index contributed by atoms with van der Waals surface area (Å²) in [7, 11) is 3.60. The Hall–Kier alpha value is -1.39. The molecule has 1 aliphatic rings. The second-order valence-corrected chi connectivity index (χ2v) is 5.41. The fraction of sp³-hybridized carbons (Fsp3) is 0.562. The normalized spacial score (nSPS) is 15.8. The minimum Gasteiger partial charge on any atom is -0.496 e. The number of nitrogens with zero attached hydrogens (tertiary/aromatic N) is 2. The first-order valence-electron chi connectivity index (χ1n) is 7.28. The zero-order chi connectivity index (χ0) is 14.4. The van der Waals surface area contributed by atoms with Crippen molar-refractivity contribution >= 4 is 5.78 Å². The lowest BCUT2D eigenvalue weighted by molar-refractivity contribution is 0.0938. The molecule has 110 valence electrons. The number of rotatable bonds is 7. The standard InChI is InChI=1S/C16H24N2O2/c1-17(11-12-18-9-5-6-10-18)13-15(19)14-7-3-4-8-16(14)20-2/h3-4,7-8H,5-6,9-13H2,1-2H3. The van der Waals surface area contributed by atoms with Crippen molar-refractivity contribution in [2.24, 2.45) is 0 Å². The molecule has 20 heavy (non-hydrogen) atoms. The molecule has 4 heteroatoms. The van der Waals surface area contributed by atoms with E-state index in [-0.39, 0.29) is 5.78 Å². The SMILES string of the molecule is COc1ccccc1C(=O)CN(C)CCN1CCCC1. The lowest BCUT2D eigenvalue weighted by atomic mass is 10.1. The average molecular weight is 276 g/mol. The summed E-state index contributed by atoms with van der Waals surface area (Å²) >= 11 is 0. The van der Waals surface area contributed by atoms with Crippen molar-refractivity contribution in [3.8, 4) is 5.75 Å². The van der Waals surface area contributed by atoms with Crippen molar-refractivity contribution in [3.63, 3.8) is 0 Å². The fourth-order valence-electron chi connectivity index (χ4n) is 2.60. The van der Waals surface area contributed by atoms with Crippen molar-refractivity contribution in [1.82, 2.24) is 9.80 Å². The van der Waals surface area contributed by atoms with Crippen LogP contribution in [0.15, 0.2) is 24.3 Å². The number of carbonyl (C=O) groups excluding carboxylic acids is 1. The first-order chi connectivity index (χ1) is 9.70. The van der Waals surface area contributed by atoms with Crippen molar-refractivity contribution in [3.05, 3.63) is 29.8 Å². The Morgan fingerprint density at radius 1 is 1.30 bits per heavy atom.